The maximum atomic E-state index is 4.68. The molecule has 0 aliphatic carbocycles. The zero-order chi connectivity index (χ0) is 15.1. The minimum atomic E-state index is 1.06. The van der Waals surface area contributed by atoms with Crippen LogP contribution in [0.5, 0.6) is 0 Å². The molecule has 22 heavy (non-hydrogen) atoms. The summed E-state index contributed by atoms with van der Waals surface area (Å²) in [4.78, 5) is 9.35. The zero-order valence-electron chi connectivity index (χ0n) is 12.3. The average molecular weight is 322 g/mol. The molecule has 0 amide bonds. The molecule has 0 atom stereocenters. The number of hydrogen-bond donors (Lipinski definition) is 0. The highest BCUT2D eigenvalue weighted by Gasteiger charge is 2.11. The van der Waals surface area contributed by atoms with Crippen molar-refractivity contribution in [2.24, 2.45) is 0 Å². The van der Waals surface area contributed by atoms with E-state index in [1.807, 2.05) is 26.0 Å². The molecule has 4 heteroatoms. The summed E-state index contributed by atoms with van der Waals surface area (Å²) in [6.45, 7) is 4.04. The molecule has 0 N–H and O–H groups in total. The lowest BCUT2D eigenvalue weighted by Gasteiger charge is -1.99. The summed E-state index contributed by atoms with van der Waals surface area (Å²) in [5.74, 6) is 0. The maximum Gasteiger partial charge on any atom is 0.117 e. The number of nitrogens with zero attached hydrogens (tertiary/aromatic N) is 2. The van der Waals surface area contributed by atoms with Crippen LogP contribution in [0.1, 0.15) is 23.9 Å². The largest absolute Gasteiger partial charge is 0.237 e. The zero-order valence-corrected chi connectivity index (χ0v) is 14.0. The lowest BCUT2D eigenvalue weighted by Crippen LogP contribution is -1.75. The Morgan fingerprint density at radius 3 is 1.59 bits per heavy atom. The Hall–Kier alpha value is -2.04. The fourth-order valence-corrected chi connectivity index (χ4v) is 4.76. The monoisotopic (exact) mass is 322 g/mol. The Labute approximate surface area is 136 Å². The Morgan fingerprint density at radius 1 is 0.727 bits per heavy atom. The normalized spacial score (nSPS) is 12.6. The summed E-state index contributed by atoms with van der Waals surface area (Å²) in [7, 11) is 0. The van der Waals surface area contributed by atoms with Gasteiger partial charge in [-0.05, 0) is 38.1 Å². The highest BCUT2D eigenvalue weighted by atomic mass is 32.1. The van der Waals surface area contributed by atoms with Crippen LogP contribution in [-0.4, -0.2) is 9.97 Å². The molecule has 0 unspecified atom stereocenters. The van der Waals surface area contributed by atoms with Gasteiger partial charge in [-0.1, -0.05) is 24.3 Å². The Balaban J connectivity index is 2.07. The molecular weight excluding hydrogens is 308 g/mol. The van der Waals surface area contributed by atoms with E-state index in [2.05, 4.69) is 46.4 Å². The molecule has 4 aromatic rings. The SMILES string of the molecule is C/C=C/c1nc2ccc3c(ccc4nc(/C=C/C)sc43)c2s1. The van der Waals surface area contributed by atoms with Crippen LogP contribution in [0.25, 0.3) is 43.4 Å². The van der Waals surface area contributed by atoms with Gasteiger partial charge in [0, 0.05) is 10.8 Å². The van der Waals surface area contributed by atoms with Gasteiger partial charge >= 0.3 is 0 Å². The number of benzene rings is 2. The minimum Gasteiger partial charge on any atom is -0.237 e. The summed E-state index contributed by atoms with van der Waals surface area (Å²) in [5, 5.41) is 4.66. The van der Waals surface area contributed by atoms with E-state index in [0.29, 0.717) is 0 Å². The third-order valence-electron chi connectivity index (χ3n) is 3.55. The molecule has 2 aromatic carbocycles. The predicted molar refractivity (Wildman–Crippen MR) is 99.7 cm³/mol. The molecule has 108 valence electrons. The lowest BCUT2D eigenvalue weighted by atomic mass is 10.1. The van der Waals surface area contributed by atoms with Crippen molar-refractivity contribution in [1.29, 1.82) is 0 Å². The van der Waals surface area contributed by atoms with Gasteiger partial charge in [0.1, 0.15) is 10.0 Å². The van der Waals surface area contributed by atoms with Crippen molar-refractivity contribution in [2.75, 3.05) is 0 Å². The molecule has 0 bridgehead atoms. The first kappa shape index (κ1) is 13.6. The van der Waals surface area contributed by atoms with Crippen LogP contribution < -0.4 is 0 Å². The fourth-order valence-electron chi connectivity index (χ4n) is 2.64. The van der Waals surface area contributed by atoms with Crippen LogP contribution in [0.4, 0.5) is 0 Å². The summed E-state index contributed by atoms with van der Waals surface area (Å²) < 4.78 is 2.52. The molecule has 4 rings (SSSR count). The van der Waals surface area contributed by atoms with Crippen molar-refractivity contribution < 1.29 is 0 Å². The first-order valence-electron chi connectivity index (χ1n) is 7.18. The summed E-state index contributed by atoms with van der Waals surface area (Å²) >= 11 is 3.50. The van der Waals surface area contributed by atoms with Crippen molar-refractivity contribution in [2.45, 2.75) is 13.8 Å². The fraction of sp³-hybridized carbons (Fsp3) is 0.111. The van der Waals surface area contributed by atoms with Gasteiger partial charge in [0.05, 0.1) is 20.4 Å². The van der Waals surface area contributed by atoms with E-state index in [-0.39, 0.29) is 0 Å². The molecule has 0 aliphatic heterocycles. The van der Waals surface area contributed by atoms with E-state index < -0.39 is 0 Å². The second-order valence-corrected chi connectivity index (χ2v) is 7.09. The summed E-state index contributed by atoms with van der Waals surface area (Å²) in [6.07, 6.45) is 8.19. The first-order chi connectivity index (χ1) is 10.8. The van der Waals surface area contributed by atoms with Crippen LogP contribution in [-0.2, 0) is 0 Å². The average Bonchev–Trinajstić information content (AvgIpc) is 3.10. The molecular formula is C18H14N2S2. The van der Waals surface area contributed by atoms with E-state index in [0.717, 1.165) is 21.0 Å². The van der Waals surface area contributed by atoms with Gasteiger partial charge in [0.2, 0.25) is 0 Å². The Morgan fingerprint density at radius 2 is 1.18 bits per heavy atom. The molecule has 0 fully saturated rings. The van der Waals surface area contributed by atoms with Crippen molar-refractivity contribution in [1.82, 2.24) is 9.97 Å². The molecule has 2 nitrogen and oxygen atoms in total. The van der Waals surface area contributed by atoms with Crippen LogP contribution in [0.3, 0.4) is 0 Å². The number of hydrogen-bond acceptors (Lipinski definition) is 4. The van der Waals surface area contributed by atoms with E-state index in [1.165, 1.54) is 20.2 Å². The van der Waals surface area contributed by atoms with Gasteiger partial charge in [-0.2, -0.15) is 0 Å². The van der Waals surface area contributed by atoms with E-state index in [9.17, 15) is 0 Å². The third kappa shape index (κ3) is 2.07. The topological polar surface area (TPSA) is 25.8 Å². The molecule has 0 aliphatic rings. The van der Waals surface area contributed by atoms with Crippen LogP contribution in [0, 0.1) is 0 Å². The van der Waals surface area contributed by atoms with Crippen molar-refractivity contribution in [3.63, 3.8) is 0 Å². The first-order valence-corrected chi connectivity index (χ1v) is 8.81. The second kappa shape index (κ2) is 5.30. The molecule has 2 heterocycles. The molecule has 2 aromatic heterocycles. The minimum absolute atomic E-state index is 1.06. The van der Waals surface area contributed by atoms with Gasteiger partial charge < -0.3 is 0 Å². The number of aromatic nitrogens is 2. The van der Waals surface area contributed by atoms with Gasteiger partial charge in [-0.3, -0.25) is 0 Å². The second-order valence-electron chi connectivity index (χ2n) is 5.03. The van der Waals surface area contributed by atoms with E-state index in [1.54, 1.807) is 22.7 Å². The third-order valence-corrected chi connectivity index (χ3v) is 5.69. The van der Waals surface area contributed by atoms with Crippen molar-refractivity contribution in [3.05, 3.63) is 46.4 Å². The number of thiazole rings is 2. The van der Waals surface area contributed by atoms with Gasteiger partial charge in [0.25, 0.3) is 0 Å². The van der Waals surface area contributed by atoms with Gasteiger partial charge in [-0.25, -0.2) is 9.97 Å². The molecule has 0 saturated carbocycles. The summed E-state index contributed by atoms with van der Waals surface area (Å²) in [5.41, 5.74) is 2.14. The lowest BCUT2D eigenvalue weighted by molar-refractivity contribution is 1.46. The van der Waals surface area contributed by atoms with E-state index >= 15 is 0 Å². The standard InChI is InChI=1S/C18H14N2S2/c1-3-5-15-19-13-9-7-12-11(17(13)21-15)8-10-14-18(12)22-16(20-14)6-4-2/h3-10H,1-2H3/b5-3+,6-4+. The van der Waals surface area contributed by atoms with Crippen LogP contribution in [0.2, 0.25) is 0 Å². The number of allylic oxidation sites excluding steroid dienone is 2. The van der Waals surface area contributed by atoms with Crippen LogP contribution in [0.15, 0.2) is 36.4 Å². The summed E-state index contributed by atoms with van der Waals surface area (Å²) in [6, 6.07) is 8.60. The Kier molecular flexibility index (Phi) is 3.28. The maximum absolute atomic E-state index is 4.68. The Bertz CT molecular complexity index is 965. The van der Waals surface area contributed by atoms with Gasteiger partial charge in [-0.15, -0.1) is 22.7 Å². The van der Waals surface area contributed by atoms with Crippen molar-refractivity contribution in [3.8, 4) is 0 Å². The quantitative estimate of drug-likeness (QED) is 0.444. The number of rotatable bonds is 2. The molecule has 0 saturated heterocycles. The van der Waals surface area contributed by atoms with Crippen LogP contribution >= 0.6 is 22.7 Å². The van der Waals surface area contributed by atoms with Gasteiger partial charge in [0.15, 0.2) is 0 Å². The smallest absolute Gasteiger partial charge is 0.117 e. The number of fused-ring (bicyclic) bond motifs is 5. The van der Waals surface area contributed by atoms with E-state index in [4.69, 9.17) is 0 Å². The highest BCUT2D eigenvalue weighted by molar-refractivity contribution is 7.21. The highest BCUT2D eigenvalue weighted by Crippen LogP contribution is 2.37. The van der Waals surface area contributed by atoms with Crippen molar-refractivity contribution >= 4 is 66.0 Å². The molecule has 0 spiro atoms. The predicted octanol–water partition coefficient (Wildman–Crippen LogP) is 6.13. The molecule has 0 radical (unpaired) electrons.